The third-order valence-electron chi connectivity index (χ3n) is 5.35. The lowest BCUT2D eigenvalue weighted by molar-refractivity contribution is -0.140. The number of carbonyl (C=O) groups is 2. The summed E-state index contributed by atoms with van der Waals surface area (Å²) in [5, 5.41) is 2.87. The Morgan fingerprint density at radius 3 is 2.27 bits per heavy atom. The van der Waals surface area contributed by atoms with Crippen LogP contribution in [-0.2, 0) is 26.2 Å². The average molecular weight is 474 g/mol. The second kappa shape index (κ2) is 12.0. The maximum absolute atomic E-state index is 13.1. The summed E-state index contributed by atoms with van der Waals surface area (Å²) in [5.74, 6) is -0.400. The van der Waals surface area contributed by atoms with Gasteiger partial charge in [0, 0.05) is 32.6 Å². The van der Waals surface area contributed by atoms with E-state index in [4.69, 9.17) is 0 Å². The first-order chi connectivity index (χ1) is 15.5. The molecule has 0 heterocycles. The first-order valence-corrected chi connectivity index (χ1v) is 12.6. The molecule has 2 aromatic carbocycles. The molecular formula is C25H35N3O4S. The van der Waals surface area contributed by atoms with Crippen molar-refractivity contribution in [3.8, 4) is 0 Å². The molecule has 0 aromatic heterocycles. The van der Waals surface area contributed by atoms with Crippen LogP contribution in [0.1, 0.15) is 44.7 Å². The lowest BCUT2D eigenvalue weighted by atomic mass is 10.1. The second-order valence-electron chi connectivity index (χ2n) is 8.59. The van der Waals surface area contributed by atoms with Crippen LogP contribution in [-0.4, -0.2) is 55.1 Å². The predicted molar refractivity (Wildman–Crippen MR) is 130 cm³/mol. The number of carbonyl (C=O) groups excluding carboxylic acids is 2. The Bertz CT molecular complexity index is 1040. The minimum atomic E-state index is -3.61. The van der Waals surface area contributed by atoms with E-state index in [1.807, 2.05) is 45.0 Å². The summed E-state index contributed by atoms with van der Waals surface area (Å²) in [4.78, 5) is 27.6. The van der Waals surface area contributed by atoms with Crippen LogP contribution < -0.4 is 5.32 Å². The first kappa shape index (κ1) is 26.5. The maximum atomic E-state index is 13.1. The molecule has 8 heteroatoms. The van der Waals surface area contributed by atoms with E-state index >= 15 is 0 Å². The Morgan fingerprint density at radius 2 is 1.67 bits per heavy atom. The average Bonchev–Trinajstić information content (AvgIpc) is 2.77. The molecule has 0 aliphatic rings. The van der Waals surface area contributed by atoms with Gasteiger partial charge in [-0.1, -0.05) is 48.0 Å². The van der Waals surface area contributed by atoms with Crippen molar-refractivity contribution < 1.29 is 18.0 Å². The molecule has 0 saturated heterocycles. The van der Waals surface area contributed by atoms with Crippen molar-refractivity contribution in [1.29, 1.82) is 0 Å². The summed E-state index contributed by atoms with van der Waals surface area (Å²) >= 11 is 0. The number of amides is 2. The highest BCUT2D eigenvalue weighted by atomic mass is 32.2. The molecule has 0 spiro atoms. The Kier molecular flexibility index (Phi) is 9.61. The molecule has 2 amide bonds. The second-order valence-corrected chi connectivity index (χ2v) is 10.6. The van der Waals surface area contributed by atoms with Gasteiger partial charge < -0.3 is 10.2 Å². The van der Waals surface area contributed by atoms with E-state index in [0.717, 1.165) is 11.1 Å². The molecule has 180 valence electrons. The van der Waals surface area contributed by atoms with Crippen molar-refractivity contribution in [3.05, 3.63) is 65.7 Å². The Labute approximate surface area is 197 Å². The molecule has 2 aromatic rings. The van der Waals surface area contributed by atoms with Gasteiger partial charge in [-0.25, -0.2) is 12.7 Å². The molecule has 1 N–H and O–H groups in total. The molecule has 7 nitrogen and oxygen atoms in total. The zero-order valence-corrected chi connectivity index (χ0v) is 20.9. The van der Waals surface area contributed by atoms with Gasteiger partial charge in [0.1, 0.15) is 6.04 Å². The van der Waals surface area contributed by atoms with Crippen LogP contribution in [0.15, 0.2) is 59.5 Å². The highest BCUT2D eigenvalue weighted by Crippen LogP contribution is 2.16. The third-order valence-corrected chi connectivity index (χ3v) is 7.22. The Hall–Kier alpha value is -2.71. The van der Waals surface area contributed by atoms with E-state index in [1.54, 1.807) is 42.2 Å². The lowest BCUT2D eigenvalue weighted by Crippen LogP contribution is -2.49. The number of nitrogens with zero attached hydrogens (tertiary/aromatic N) is 2. The third kappa shape index (κ3) is 7.68. The van der Waals surface area contributed by atoms with Crippen molar-refractivity contribution in [2.75, 3.05) is 13.6 Å². The van der Waals surface area contributed by atoms with E-state index in [-0.39, 0.29) is 35.7 Å². The van der Waals surface area contributed by atoms with Crippen LogP contribution >= 0.6 is 0 Å². The number of hydrogen-bond acceptors (Lipinski definition) is 4. The van der Waals surface area contributed by atoms with E-state index < -0.39 is 16.1 Å². The number of hydrogen-bond donors (Lipinski definition) is 1. The van der Waals surface area contributed by atoms with Gasteiger partial charge in [0.05, 0.1) is 4.90 Å². The number of benzene rings is 2. The molecule has 0 saturated carbocycles. The van der Waals surface area contributed by atoms with Crippen LogP contribution in [0.2, 0.25) is 0 Å². The van der Waals surface area contributed by atoms with Crippen LogP contribution in [0.25, 0.3) is 0 Å². The van der Waals surface area contributed by atoms with Crippen molar-refractivity contribution in [3.63, 3.8) is 0 Å². The van der Waals surface area contributed by atoms with E-state index in [1.165, 1.54) is 11.4 Å². The molecule has 0 aliphatic heterocycles. The Morgan fingerprint density at radius 1 is 1.00 bits per heavy atom. The van der Waals surface area contributed by atoms with E-state index in [9.17, 15) is 18.0 Å². The molecular weight excluding hydrogens is 438 g/mol. The van der Waals surface area contributed by atoms with Crippen molar-refractivity contribution >= 4 is 21.8 Å². The van der Waals surface area contributed by atoms with Crippen molar-refractivity contribution in [2.45, 2.75) is 64.1 Å². The highest BCUT2D eigenvalue weighted by molar-refractivity contribution is 7.89. The summed E-state index contributed by atoms with van der Waals surface area (Å²) < 4.78 is 26.6. The molecule has 0 unspecified atom stereocenters. The fourth-order valence-corrected chi connectivity index (χ4v) is 4.71. The van der Waals surface area contributed by atoms with Crippen LogP contribution in [0, 0.1) is 6.92 Å². The van der Waals surface area contributed by atoms with Gasteiger partial charge in [0.25, 0.3) is 0 Å². The molecule has 0 bridgehead atoms. The van der Waals surface area contributed by atoms with Crippen molar-refractivity contribution in [2.24, 2.45) is 0 Å². The number of aryl methyl sites for hydroxylation is 1. The molecule has 0 radical (unpaired) electrons. The summed E-state index contributed by atoms with van der Waals surface area (Å²) in [6, 6.07) is 15.4. The van der Waals surface area contributed by atoms with E-state index in [0.29, 0.717) is 13.0 Å². The lowest BCUT2D eigenvalue weighted by Gasteiger charge is -2.30. The topological polar surface area (TPSA) is 86.8 Å². The smallest absolute Gasteiger partial charge is 0.242 e. The quantitative estimate of drug-likeness (QED) is 0.542. The number of rotatable bonds is 11. The number of sulfonamides is 1. The molecule has 0 aliphatic carbocycles. The largest absolute Gasteiger partial charge is 0.352 e. The minimum absolute atomic E-state index is 0.0345. The van der Waals surface area contributed by atoms with Crippen molar-refractivity contribution in [1.82, 2.24) is 14.5 Å². The van der Waals surface area contributed by atoms with Crippen LogP contribution in [0.3, 0.4) is 0 Å². The normalized spacial score (nSPS) is 12.6. The highest BCUT2D eigenvalue weighted by Gasteiger charge is 2.27. The van der Waals surface area contributed by atoms with Crippen LogP contribution in [0.4, 0.5) is 0 Å². The van der Waals surface area contributed by atoms with Gasteiger partial charge >= 0.3 is 0 Å². The van der Waals surface area contributed by atoms with Gasteiger partial charge in [0.2, 0.25) is 21.8 Å². The zero-order chi connectivity index (χ0) is 24.6. The molecule has 2 rings (SSSR count). The standard InChI is InChI=1S/C25H35N3O4S/c1-19(2)26-25(30)21(4)28(18-22-12-9-11-20(3)17-22)24(29)15-10-16-27(5)33(31,32)23-13-7-6-8-14-23/h6-9,11-14,17,19,21H,10,15-16,18H2,1-5H3,(H,26,30)/t21-/m1/s1. The minimum Gasteiger partial charge on any atom is -0.352 e. The first-order valence-electron chi connectivity index (χ1n) is 11.2. The summed E-state index contributed by atoms with van der Waals surface area (Å²) in [5.41, 5.74) is 2.02. The maximum Gasteiger partial charge on any atom is 0.242 e. The molecule has 0 fully saturated rings. The fraction of sp³-hybridized carbons (Fsp3) is 0.440. The number of nitrogens with one attached hydrogen (secondary N) is 1. The monoisotopic (exact) mass is 473 g/mol. The fourth-order valence-electron chi connectivity index (χ4n) is 3.48. The van der Waals surface area contributed by atoms with Gasteiger partial charge in [-0.15, -0.1) is 0 Å². The predicted octanol–water partition coefficient (Wildman–Crippen LogP) is 3.34. The van der Waals surface area contributed by atoms with Gasteiger partial charge in [-0.3, -0.25) is 9.59 Å². The van der Waals surface area contributed by atoms with Gasteiger partial charge in [-0.05, 0) is 51.8 Å². The van der Waals surface area contributed by atoms with E-state index in [2.05, 4.69) is 5.32 Å². The summed E-state index contributed by atoms with van der Waals surface area (Å²) in [7, 11) is -2.10. The summed E-state index contributed by atoms with van der Waals surface area (Å²) in [6.45, 7) is 7.96. The Balaban J connectivity index is 2.08. The molecule has 33 heavy (non-hydrogen) atoms. The van der Waals surface area contributed by atoms with Crippen LogP contribution in [0.5, 0.6) is 0 Å². The summed E-state index contributed by atoms with van der Waals surface area (Å²) in [6.07, 6.45) is 0.490. The van der Waals surface area contributed by atoms with Gasteiger partial charge in [-0.2, -0.15) is 0 Å². The molecule has 1 atom stereocenters. The van der Waals surface area contributed by atoms with Gasteiger partial charge in [0.15, 0.2) is 0 Å². The zero-order valence-electron chi connectivity index (χ0n) is 20.1. The SMILES string of the molecule is Cc1cccc(CN(C(=O)CCCN(C)S(=O)(=O)c2ccccc2)[C@H](C)C(=O)NC(C)C)c1.